The molecule has 5 nitrogen and oxygen atoms in total. The zero-order valence-corrected chi connectivity index (χ0v) is 17.1. The van der Waals surface area contributed by atoms with Gasteiger partial charge in [0.15, 0.2) is 0 Å². The molecule has 25 heavy (non-hydrogen) atoms. The van der Waals surface area contributed by atoms with Crippen molar-refractivity contribution in [1.82, 2.24) is 4.90 Å². The molecule has 2 saturated heterocycles. The molecule has 2 heterocycles. The molecule has 1 saturated carbocycles. The molecule has 1 spiro atoms. The maximum Gasteiger partial charge on any atom is 0.225 e. The summed E-state index contributed by atoms with van der Waals surface area (Å²) in [5.41, 5.74) is 0.0145. The first-order valence-corrected chi connectivity index (χ1v) is 11.6. The van der Waals surface area contributed by atoms with Crippen LogP contribution in [0.3, 0.4) is 0 Å². The van der Waals surface area contributed by atoms with Crippen LogP contribution in [0.5, 0.6) is 0 Å². The number of hydrogen-bond acceptors (Lipinski definition) is 4. The van der Waals surface area contributed by atoms with Crippen molar-refractivity contribution in [2.24, 2.45) is 21.6 Å². The number of carbonyl (C=O) groups excluding carboxylic acids is 1. The molecule has 3 fully saturated rings. The van der Waals surface area contributed by atoms with Crippen LogP contribution in [0.25, 0.3) is 0 Å². The minimum atomic E-state index is -2.05. The van der Waals surface area contributed by atoms with E-state index in [-0.39, 0.29) is 11.5 Å². The van der Waals surface area contributed by atoms with Gasteiger partial charge < -0.3 is 9.64 Å². The summed E-state index contributed by atoms with van der Waals surface area (Å²) in [6.07, 6.45) is 3.56. The van der Waals surface area contributed by atoms with E-state index in [9.17, 15) is 9.00 Å². The van der Waals surface area contributed by atoms with Gasteiger partial charge in [-0.15, -0.1) is 0 Å². The minimum absolute atomic E-state index is 0.197. The molecular weight excluding hydrogens is 336 g/mol. The molecule has 0 aromatic carbocycles. The van der Waals surface area contributed by atoms with E-state index in [1.807, 2.05) is 11.8 Å². The highest BCUT2D eigenvalue weighted by Gasteiger charge is 2.46. The molecule has 3 aliphatic rings. The number of hydrogen-bond donors (Lipinski definition) is 0. The first-order valence-electron chi connectivity index (χ1n) is 9.77. The Morgan fingerprint density at radius 3 is 2.48 bits per heavy atom. The lowest BCUT2D eigenvalue weighted by Crippen LogP contribution is -2.58. The number of rotatable bonds is 2. The average molecular weight is 371 g/mol. The third kappa shape index (κ3) is 4.05. The van der Waals surface area contributed by atoms with Gasteiger partial charge in [-0.3, -0.25) is 4.79 Å². The summed E-state index contributed by atoms with van der Waals surface area (Å²) in [5, 5.41) is 0. The molecule has 1 amide bonds. The van der Waals surface area contributed by atoms with Gasteiger partial charge in [0.1, 0.15) is 0 Å². The van der Waals surface area contributed by atoms with E-state index in [1.165, 1.54) is 0 Å². The zero-order chi connectivity index (χ0) is 18.3. The third-order valence-corrected chi connectivity index (χ3v) is 8.80. The first kappa shape index (κ1) is 19.2. The molecule has 3 rings (SSSR count). The van der Waals surface area contributed by atoms with Gasteiger partial charge in [0.05, 0.1) is 12.2 Å². The van der Waals surface area contributed by atoms with Crippen LogP contribution in [0.4, 0.5) is 0 Å². The number of ether oxygens (including phenoxy) is 1. The van der Waals surface area contributed by atoms with Gasteiger partial charge in [0, 0.05) is 46.8 Å². The molecule has 0 atom stereocenters. The van der Waals surface area contributed by atoms with Gasteiger partial charge >= 0.3 is 0 Å². The van der Waals surface area contributed by atoms with Crippen molar-refractivity contribution in [3.05, 3.63) is 0 Å². The molecule has 0 aromatic heterocycles. The maximum absolute atomic E-state index is 12.9. The van der Waals surface area contributed by atoms with Crippen molar-refractivity contribution in [2.45, 2.75) is 59.0 Å². The van der Waals surface area contributed by atoms with Crippen molar-refractivity contribution in [3.63, 3.8) is 0 Å². The van der Waals surface area contributed by atoms with Crippen molar-refractivity contribution in [2.75, 3.05) is 37.7 Å². The van der Waals surface area contributed by atoms with E-state index >= 15 is 0 Å². The van der Waals surface area contributed by atoms with Crippen LogP contribution >= 0.6 is 0 Å². The molecule has 144 valence electrons. The quantitative estimate of drug-likeness (QED) is 0.751. The van der Waals surface area contributed by atoms with Gasteiger partial charge in [-0.05, 0) is 43.9 Å². The second-order valence-electron chi connectivity index (χ2n) is 9.15. The monoisotopic (exact) mass is 370 g/mol. The molecule has 1 aliphatic carbocycles. The van der Waals surface area contributed by atoms with Gasteiger partial charge in [-0.1, -0.05) is 20.8 Å². The normalized spacial score (nSPS) is 39.1. The molecule has 0 unspecified atom stereocenters. The second-order valence-corrected chi connectivity index (χ2v) is 11.8. The van der Waals surface area contributed by atoms with Crippen LogP contribution in [-0.2, 0) is 19.3 Å². The predicted octanol–water partition coefficient (Wildman–Crippen LogP) is 2.94. The van der Waals surface area contributed by atoms with Crippen LogP contribution in [-0.4, -0.2) is 58.4 Å². The summed E-state index contributed by atoms with van der Waals surface area (Å²) in [6.45, 7) is 11.3. The highest BCUT2D eigenvalue weighted by molar-refractivity contribution is 7.93. The van der Waals surface area contributed by atoms with E-state index in [2.05, 4.69) is 25.1 Å². The standard InChI is InChI=1S/C19H34N2O3S/c1-5-20-25(23)10-6-19(7-11-25)14-21(8-9-24-19)17(22)15-12-16(13-15)18(2,3)4/h15-16H,5-14H2,1-4H3. The zero-order valence-electron chi connectivity index (χ0n) is 16.3. The van der Waals surface area contributed by atoms with E-state index in [0.717, 1.165) is 25.7 Å². The van der Waals surface area contributed by atoms with Gasteiger partial charge in [0.25, 0.3) is 0 Å². The SMILES string of the molecule is CCN=S1(=O)CCC2(CC1)CN(C(=O)C1CC(C(C)(C)C)C1)CCO2. The highest BCUT2D eigenvalue weighted by atomic mass is 32.2. The summed E-state index contributed by atoms with van der Waals surface area (Å²) >= 11 is 0. The smallest absolute Gasteiger partial charge is 0.225 e. The van der Waals surface area contributed by atoms with Crippen molar-refractivity contribution < 1.29 is 13.7 Å². The molecule has 6 heteroatoms. The predicted molar refractivity (Wildman–Crippen MR) is 101 cm³/mol. The Bertz CT molecular complexity index is 611. The molecule has 2 aliphatic heterocycles. The number of amides is 1. The van der Waals surface area contributed by atoms with Crippen LogP contribution in [0.15, 0.2) is 4.36 Å². The van der Waals surface area contributed by atoms with Gasteiger partial charge in [-0.2, -0.15) is 0 Å². The molecule has 0 bridgehead atoms. The maximum atomic E-state index is 12.9. The minimum Gasteiger partial charge on any atom is -0.371 e. The van der Waals surface area contributed by atoms with E-state index in [1.54, 1.807) is 0 Å². The van der Waals surface area contributed by atoms with Crippen molar-refractivity contribution in [1.29, 1.82) is 0 Å². The van der Waals surface area contributed by atoms with Gasteiger partial charge in [-0.25, -0.2) is 8.57 Å². The number of nitrogens with zero attached hydrogens (tertiary/aromatic N) is 2. The first-order chi connectivity index (χ1) is 11.7. The summed E-state index contributed by atoms with van der Waals surface area (Å²) < 4.78 is 23.1. The Morgan fingerprint density at radius 2 is 1.92 bits per heavy atom. The second kappa shape index (κ2) is 6.84. The lowest BCUT2D eigenvalue weighted by molar-refractivity contribution is -0.161. The summed E-state index contributed by atoms with van der Waals surface area (Å²) in [4.78, 5) is 14.9. The molecule has 0 aromatic rings. The van der Waals surface area contributed by atoms with Gasteiger partial charge in [0.2, 0.25) is 5.91 Å². The Hall–Kier alpha value is -0.620. The highest BCUT2D eigenvalue weighted by Crippen LogP contribution is 2.46. The summed E-state index contributed by atoms with van der Waals surface area (Å²) in [5.74, 6) is 2.39. The third-order valence-electron chi connectivity index (χ3n) is 6.39. The van der Waals surface area contributed by atoms with Crippen molar-refractivity contribution >= 4 is 15.6 Å². The lowest BCUT2D eigenvalue weighted by atomic mass is 9.62. The Labute approximate surface area is 153 Å². The summed E-state index contributed by atoms with van der Waals surface area (Å²) in [6, 6.07) is 0. The average Bonchev–Trinajstić information content (AvgIpc) is 2.48. The van der Waals surface area contributed by atoms with E-state index in [0.29, 0.717) is 55.0 Å². The Morgan fingerprint density at radius 1 is 1.28 bits per heavy atom. The van der Waals surface area contributed by atoms with Crippen LogP contribution in [0, 0.1) is 17.3 Å². The topological polar surface area (TPSA) is 59.0 Å². The van der Waals surface area contributed by atoms with E-state index < -0.39 is 9.73 Å². The Kier molecular flexibility index (Phi) is 5.24. The molecule has 0 radical (unpaired) electrons. The lowest BCUT2D eigenvalue weighted by Gasteiger charge is -2.49. The number of carbonyl (C=O) groups is 1. The molecular formula is C19H34N2O3S. The fourth-order valence-corrected chi connectivity index (χ4v) is 6.72. The van der Waals surface area contributed by atoms with Crippen molar-refractivity contribution in [3.8, 4) is 0 Å². The van der Waals surface area contributed by atoms with Crippen LogP contribution in [0.1, 0.15) is 53.4 Å². The van der Waals surface area contributed by atoms with E-state index in [4.69, 9.17) is 4.74 Å². The number of morpholine rings is 1. The molecule has 0 N–H and O–H groups in total. The van der Waals surface area contributed by atoms with Crippen LogP contribution < -0.4 is 0 Å². The Balaban J connectivity index is 1.58. The summed E-state index contributed by atoms with van der Waals surface area (Å²) in [7, 11) is -2.05. The van der Waals surface area contributed by atoms with Crippen LogP contribution in [0.2, 0.25) is 0 Å². The largest absolute Gasteiger partial charge is 0.371 e. The fourth-order valence-electron chi connectivity index (χ4n) is 4.40. The fraction of sp³-hybridized carbons (Fsp3) is 0.947.